The average molecular weight is 441 g/mol. The minimum Gasteiger partial charge on any atom is -0.488 e. The van der Waals surface area contributed by atoms with E-state index in [1.54, 1.807) is 6.08 Å². The summed E-state index contributed by atoms with van der Waals surface area (Å²) in [5, 5.41) is 9.02. The van der Waals surface area contributed by atoms with E-state index in [4.69, 9.17) is 9.84 Å². The van der Waals surface area contributed by atoms with Crippen LogP contribution in [0.2, 0.25) is 0 Å². The van der Waals surface area contributed by atoms with Crippen molar-refractivity contribution in [2.75, 3.05) is 0 Å². The Labute approximate surface area is 196 Å². The third kappa shape index (κ3) is 4.88. The highest BCUT2D eigenvalue weighted by Gasteiger charge is 2.40. The van der Waals surface area contributed by atoms with E-state index in [1.807, 2.05) is 36.4 Å². The number of carboxylic acid groups (broad SMARTS) is 1. The van der Waals surface area contributed by atoms with E-state index in [0.29, 0.717) is 6.61 Å². The second-order valence-electron chi connectivity index (χ2n) is 10.2. The summed E-state index contributed by atoms with van der Waals surface area (Å²) in [7, 11) is 0. The molecule has 0 saturated heterocycles. The number of benzene rings is 3. The second-order valence-corrected chi connectivity index (χ2v) is 10.2. The first-order valence-electron chi connectivity index (χ1n) is 11.5. The lowest BCUT2D eigenvalue weighted by atomic mass is 9.62. The fraction of sp³-hybridized carbons (Fsp3) is 0.300. The number of fused-ring (bicyclic) bond motifs is 1. The Balaban J connectivity index is 1.87. The lowest BCUT2D eigenvalue weighted by Gasteiger charge is -2.43. The van der Waals surface area contributed by atoms with E-state index in [2.05, 4.69) is 58.0 Å². The molecule has 0 aromatic heterocycles. The molecule has 0 amide bonds. The van der Waals surface area contributed by atoms with Gasteiger partial charge in [0.1, 0.15) is 12.4 Å². The molecule has 0 radical (unpaired) electrons. The molecule has 3 aromatic rings. The first-order chi connectivity index (χ1) is 15.7. The molecule has 0 unspecified atom stereocenters. The summed E-state index contributed by atoms with van der Waals surface area (Å²) in [5.41, 5.74) is 6.77. The molecule has 33 heavy (non-hydrogen) atoms. The molecule has 0 saturated carbocycles. The van der Waals surface area contributed by atoms with Gasteiger partial charge in [-0.2, -0.15) is 0 Å². The molecule has 1 N–H and O–H groups in total. The highest BCUT2D eigenvalue weighted by molar-refractivity contribution is 5.86. The number of hydrogen-bond donors (Lipinski definition) is 1. The highest BCUT2D eigenvalue weighted by atomic mass is 16.5. The maximum Gasteiger partial charge on any atom is 0.328 e. The SMILES string of the molecule is CC1(C)CCC(C)(C)c2c1ccc(-c1cccc(C=CC(=O)O)c1)c2OCc1ccccc1. The van der Waals surface area contributed by atoms with Crippen molar-refractivity contribution >= 4 is 12.0 Å². The lowest BCUT2D eigenvalue weighted by Crippen LogP contribution is -2.34. The third-order valence-electron chi connectivity index (χ3n) is 6.78. The molecule has 0 heterocycles. The van der Waals surface area contributed by atoms with E-state index >= 15 is 0 Å². The van der Waals surface area contributed by atoms with Gasteiger partial charge in [0.2, 0.25) is 0 Å². The van der Waals surface area contributed by atoms with Gasteiger partial charge >= 0.3 is 5.97 Å². The van der Waals surface area contributed by atoms with Crippen LogP contribution in [0.15, 0.2) is 72.8 Å². The van der Waals surface area contributed by atoms with Crippen molar-refractivity contribution in [2.24, 2.45) is 0 Å². The van der Waals surface area contributed by atoms with Gasteiger partial charge in [-0.3, -0.25) is 0 Å². The number of carboxylic acids is 1. The zero-order valence-corrected chi connectivity index (χ0v) is 19.9. The highest BCUT2D eigenvalue weighted by Crippen LogP contribution is 2.52. The van der Waals surface area contributed by atoms with Gasteiger partial charge in [-0.1, -0.05) is 88.4 Å². The molecule has 170 valence electrons. The molecule has 1 aliphatic carbocycles. The molecule has 3 aromatic carbocycles. The maximum atomic E-state index is 11.0. The van der Waals surface area contributed by atoms with Crippen molar-refractivity contribution in [2.45, 2.75) is 58.0 Å². The summed E-state index contributed by atoms with van der Waals surface area (Å²) in [4.78, 5) is 11.0. The van der Waals surface area contributed by atoms with E-state index in [-0.39, 0.29) is 10.8 Å². The normalized spacial score (nSPS) is 16.4. The van der Waals surface area contributed by atoms with Gasteiger partial charge in [0, 0.05) is 17.2 Å². The van der Waals surface area contributed by atoms with Crippen LogP contribution in [0.25, 0.3) is 17.2 Å². The molecule has 0 spiro atoms. The Morgan fingerprint density at radius 3 is 2.39 bits per heavy atom. The number of aliphatic carboxylic acids is 1. The topological polar surface area (TPSA) is 46.5 Å². The van der Waals surface area contributed by atoms with Gasteiger partial charge in [0.05, 0.1) is 0 Å². The molecule has 0 fully saturated rings. The van der Waals surface area contributed by atoms with Crippen LogP contribution in [0, 0.1) is 0 Å². The second kappa shape index (κ2) is 8.90. The van der Waals surface area contributed by atoms with Gasteiger partial charge in [-0.25, -0.2) is 4.79 Å². The van der Waals surface area contributed by atoms with Crippen molar-refractivity contribution < 1.29 is 14.6 Å². The molecule has 3 heteroatoms. The quantitative estimate of drug-likeness (QED) is 0.407. The molecular weight excluding hydrogens is 408 g/mol. The van der Waals surface area contributed by atoms with Crippen molar-refractivity contribution in [1.29, 1.82) is 0 Å². The summed E-state index contributed by atoms with van der Waals surface area (Å²) >= 11 is 0. The van der Waals surface area contributed by atoms with Crippen LogP contribution < -0.4 is 4.74 Å². The van der Waals surface area contributed by atoms with Crippen molar-refractivity contribution in [3.8, 4) is 16.9 Å². The summed E-state index contributed by atoms with van der Waals surface area (Å²) in [5.74, 6) is -0.0152. The van der Waals surface area contributed by atoms with Gasteiger partial charge in [0.25, 0.3) is 0 Å². The van der Waals surface area contributed by atoms with E-state index in [0.717, 1.165) is 40.8 Å². The smallest absolute Gasteiger partial charge is 0.328 e. The molecule has 0 aliphatic heterocycles. The van der Waals surface area contributed by atoms with Gasteiger partial charge in [-0.05, 0) is 58.1 Å². The summed E-state index contributed by atoms with van der Waals surface area (Å²) < 4.78 is 6.63. The Hall–Kier alpha value is -3.33. The molecule has 4 rings (SSSR count). The maximum absolute atomic E-state index is 11.0. The first kappa shape index (κ1) is 22.8. The Morgan fingerprint density at radius 2 is 1.67 bits per heavy atom. The number of hydrogen-bond acceptors (Lipinski definition) is 2. The van der Waals surface area contributed by atoms with Crippen LogP contribution in [-0.2, 0) is 22.2 Å². The van der Waals surface area contributed by atoms with Crippen LogP contribution >= 0.6 is 0 Å². The van der Waals surface area contributed by atoms with Crippen LogP contribution in [0.5, 0.6) is 5.75 Å². The standard InChI is InChI=1S/C30H32O3/c1-29(2)17-18-30(3,4)27-25(29)15-14-24(28(27)33-20-22-9-6-5-7-10-22)23-12-8-11-21(19-23)13-16-26(31)32/h5-16,19H,17-18,20H2,1-4H3,(H,31,32). The van der Waals surface area contributed by atoms with E-state index < -0.39 is 5.97 Å². The largest absolute Gasteiger partial charge is 0.488 e. The van der Waals surface area contributed by atoms with E-state index in [9.17, 15) is 4.79 Å². The lowest BCUT2D eigenvalue weighted by molar-refractivity contribution is -0.131. The Morgan fingerprint density at radius 1 is 0.939 bits per heavy atom. The Kier molecular flexibility index (Phi) is 6.16. The van der Waals surface area contributed by atoms with Crippen molar-refractivity contribution in [3.63, 3.8) is 0 Å². The minimum absolute atomic E-state index is 0.00624. The van der Waals surface area contributed by atoms with Gasteiger partial charge < -0.3 is 9.84 Å². The molecule has 0 bridgehead atoms. The molecular formula is C30H32O3. The monoisotopic (exact) mass is 440 g/mol. The van der Waals surface area contributed by atoms with Crippen molar-refractivity contribution in [1.82, 2.24) is 0 Å². The predicted molar refractivity (Wildman–Crippen MR) is 135 cm³/mol. The van der Waals surface area contributed by atoms with E-state index in [1.165, 1.54) is 17.2 Å². The zero-order chi connectivity index (χ0) is 23.6. The Bertz CT molecular complexity index is 1190. The van der Waals surface area contributed by atoms with Crippen LogP contribution in [0.4, 0.5) is 0 Å². The van der Waals surface area contributed by atoms with Crippen LogP contribution in [0.3, 0.4) is 0 Å². The summed E-state index contributed by atoms with van der Waals surface area (Å²) in [6.07, 6.45) is 5.03. The fourth-order valence-electron chi connectivity index (χ4n) is 4.79. The van der Waals surface area contributed by atoms with Gasteiger partial charge in [-0.15, -0.1) is 0 Å². The predicted octanol–water partition coefficient (Wildman–Crippen LogP) is 7.38. The third-order valence-corrected chi connectivity index (χ3v) is 6.78. The first-order valence-corrected chi connectivity index (χ1v) is 11.5. The van der Waals surface area contributed by atoms with Crippen molar-refractivity contribution in [3.05, 3.63) is 95.1 Å². The zero-order valence-electron chi connectivity index (χ0n) is 19.9. The fourth-order valence-corrected chi connectivity index (χ4v) is 4.79. The van der Waals surface area contributed by atoms with Crippen LogP contribution in [0.1, 0.15) is 62.8 Å². The summed E-state index contributed by atoms with van der Waals surface area (Å²) in [6.45, 7) is 9.76. The van der Waals surface area contributed by atoms with Gasteiger partial charge in [0.15, 0.2) is 0 Å². The summed E-state index contributed by atoms with van der Waals surface area (Å²) in [6, 6.07) is 22.7. The number of ether oxygens (including phenoxy) is 1. The molecule has 3 nitrogen and oxygen atoms in total. The van der Waals surface area contributed by atoms with Crippen LogP contribution in [-0.4, -0.2) is 11.1 Å². The molecule has 0 atom stereocenters. The minimum atomic E-state index is -0.954. The number of rotatable bonds is 6. The average Bonchev–Trinajstić information content (AvgIpc) is 2.80. The molecule has 1 aliphatic rings. The number of carbonyl (C=O) groups is 1.